The third kappa shape index (κ3) is 2.61. The van der Waals surface area contributed by atoms with Crippen molar-refractivity contribution in [1.82, 2.24) is 4.90 Å². The van der Waals surface area contributed by atoms with Crippen molar-refractivity contribution >= 4 is 17.5 Å². The van der Waals surface area contributed by atoms with Crippen molar-refractivity contribution < 1.29 is 9.53 Å². The molecule has 0 fully saturated rings. The molecule has 1 atom stereocenters. The Morgan fingerprint density at radius 3 is 2.94 bits per heavy atom. The van der Waals surface area contributed by atoms with Crippen LogP contribution in [-0.4, -0.2) is 36.4 Å². The van der Waals surface area contributed by atoms with E-state index in [0.29, 0.717) is 19.0 Å². The Balaban J connectivity index is 2.14. The molecule has 1 unspecified atom stereocenters. The average molecular weight is 268 g/mol. The summed E-state index contributed by atoms with van der Waals surface area (Å²) < 4.78 is 5.56. The molecule has 0 aliphatic carbocycles. The molecule has 0 spiro atoms. The van der Waals surface area contributed by atoms with Crippen LogP contribution in [0.3, 0.4) is 0 Å². The summed E-state index contributed by atoms with van der Waals surface area (Å²) in [6.45, 7) is 3.87. The molecule has 1 heterocycles. The van der Waals surface area contributed by atoms with E-state index >= 15 is 0 Å². The maximum absolute atomic E-state index is 12.5. The number of carbonyl (C=O) groups is 1. The van der Waals surface area contributed by atoms with E-state index in [1.807, 2.05) is 29.2 Å². The number of benzene rings is 1. The summed E-state index contributed by atoms with van der Waals surface area (Å²) >= 11 is 5.76. The van der Waals surface area contributed by atoms with E-state index in [-0.39, 0.29) is 11.8 Å². The van der Waals surface area contributed by atoms with Crippen LogP contribution in [0.2, 0.25) is 0 Å². The van der Waals surface area contributed by atoms with Crippen molar-refractivity contribution in [3.63, 3.8) is 0 Å². The van der Waals surface area contributed by atoms with E-state index in [1.165, 1.54) is 0 Å². The molecule has 1 amide bonds. The molecule has 0 radical (unpaired) electrons. The van der Waals surface area contributed by atoms with Crippen LogP contribution < -0.4 is 4.74 Å². The number of amides is 1. The van der Waals surface area contributed by atoms with Gasteiger partial charge in [0.2, 0.25) is 5.91 Å². The Labute approximate surface area is 113 Å². The van der Waals surface area contributed by atoms with Gasteiger partial charge in [0.05, 0.1) is 0 Å². The first kappa shape index (κ1) is 13.2. The fourth-order valence-electron chi connectivity index (χ4n) is 2.29. The van der Waals surface area contributed by atoms with E-state index < -0.39 is 0 Å². The second kappa shape index (κ2) is 6.10. The fraction of sp³-hybridized carbons (Fsp3) is 0.500. The molecule has 0 saturated carbocycles. The first-order valence-corrected chi connectivity index (χ1v) is 6.87. The molecular formula is C14H18ClNO2. The second-order valence-corrected chi connectivity index (χ2v) is 4.79. The minimum Gasteiger partial charge on any atom is -0.492 e. The Morgan fingerprint density at radius 2 is 2.22 bits per heavy atom. The van der Waals surface area contributed by atoms with Gasteiger partial charge in [-0.3, -0.25) is 4.79 Å². The highest BCUT2D eigenvalue weighted by molar-refractivity contribution is 6.18. The molecule has 2 rings (SSSR count). The highest BCUT2D eigenvalue weighted by Gasteiger charge is 2.32. The van der Waals surface area contributed by atoms with E-state index in [2.05, 4.69) is 6.92 Å². The lowest BCUT2D eigenvalue weighted by Crippen LogP contribution is -2.37. The van der Waals surface area contributed by atoms with Gasteiger partial charge in [-0.25, -0.2) is 0 Å². The molecule has 98 valence electrons. The zero-order chi connectivity index (χ0) is 13.0. The molecule has 1 aliphatic rings. The smallest absolute Gasteiger partial charge is 0.233 e. The molecule has 1 aromatic rings. The lowest BCUT2D eigenvalue weighted by Gasteiger charge is -2.23. The molecule has 1 aromatic carbocycles. The van der Waals surface area contributed by atoms with Gasteiger partial charge in [-0.2, -0.15) is 0 Å². The third-order valence-electron chi connectivity index (χ3n) is 3.16. The van der Waals surface area contributed by atoms with Crippen molar-refractivity contribution in [3.8, 4) is 5.75 Å². The summed E-state index contributed by atoms with van der Waals surface area (Å²) in [7, 11) is 0. The summed E-state index contributed by atoms with van der Waals surface area (Å²) in [6.07, 6.45) is 0.942. The number of ether oxygens (including phenoxy) is 1. The number of halogens is 1. The number of fused-ring (bicyclic) bond motifs is 1. The number of hydrogen-bond donors (Lipinski definition) is 0. The van der Waals surface area contributed by atoms with Crippen LogP contribution in [0.1, 0.15) is 24.8 Å². The number of hydrogen-bond acceptors (Lipinski definition) is 2. The number of nitrogens with zero attached hydrogens (tertiary/aromatic N) is 1. The van der Waals surface area contributed by atoms with Gasteiger partial charge in [-0.1, -0.05) is 25.1 Å². The first-order valence-electron chi connectivity index (χ1n) is 6.34. The highest BCUT2D eigenvalue weighted by atomic mass is 35.5. The first-order chi connectivity index (χ1) is 8.77. The highest BCUT2D eigenvalue weighted by Crippen LogP contribution is 2.34. The average Bonchev–Trinajstić information content (AvgIpc) is 2.81. The van der Waals surface area contributed by atoms with Crippen LogP contribution in [0.5, 0.6) is 5.75 Å². The van der Waals surface area contributed by atoms with E-state index in [4.69, 9.17) is 16.3 Å². The van der Waals surface area contributed by atoms with Crippen LogP contribution in [0.15, 0.2) is 24.3 Å². The Bertz CT molecular complexity index is 416. The van der Waals surface area contributed by atoms with E-state index in [9.17, 15) is 4.79 Å². The fourth-order valence-corrected chi connectivity index (χ4v) is 2.50. The van der Waals surface area contributed by atoms with Crippen molar-refractivity contribution in [1.29, 1.82) is 0 Å². The summed E-state index contributed by atoms with van der Waals surface area (Å²) in [5.74, 6) is 1.26. The van der Waals surface area contributed by atoms with Crippen molar-refractivity contribution in [2.75, 3.05) is 25.6 Å². The minimum absolute atomic E-state index is 0.127. The molecule has 3 nitrogen and oxygen atoms in total. The number of carbonyl (C=O) groups excluding carboxylic acids is 1. The van der Waals surface area contributed by atoms with Crippen molar-refractivity contribution in [3.05, 3.63) is 29.8 Å². The lowest BCUT2D eigenvalue weighted by molar-refractivity contribution is -0.132. The Kier molecular flexibility index (Phi) is 4.48. The van der Waals surface area contributed by atoms with Crippen molar-refractivity contribution in [2.24, 2.45) is 0 Å². The molecule has 0 N–H and O–H groups in total. The van der Waals surface area contributed by atoms with Crippen LogP contribution >= 0.6 is 11.6 Å². The molecule has 0 bridgehead atoms. The van der Waals surface area contributed by atoms with Crippen LogP contribution in [0, 0.1) is 0 Å². The number of para-hydroxylation sites is 1. The van der Waals surface area contributed by atoms with Crippen LogP contribution in [0.4, 0.5) is 0 Å². The lowest BCUT2D eigenvalue weighted by atomic mass is 10.00. The monoisotopic (exact) mass is 267 g/mol. The SMILES string of the molecule is CCCN(CCCl)C(=O)C1COc2ccccc21. The zero-order valence-electron chi connectivity index (χ0n) is 10.6. The quantitative estimate of drug-likeness (QED) is 0.768. The maximum atomic E-state index is 12.5. The zero-order valence-corrected chi connectivity index (χ0v) is 11.3. The van der Waals surface area contributed by atoms with Gasteiger partial charge in [-0.15, -0.1) is 11.6 Å². The van der Waals surface area contributed by atoms with Gasteiger partial charge in [0, 0.05) is 24.5 Å². The van der Waals surface area contributed by atoms with Gasteiger partial charge in [0.15, 0.2) is 0 Å². The second-order valence-electron chi connectivity index (χ2n) is 4.42. The van der Waals surface area contributed by atoms with Gasteiger partial charge < -0.3 is 9.64 Å². The molecule has 18 heavy (non-hydrogen) atoms. The van der Waals surface area contributed by atoms with Crippen LogP contribution in [0.25, 0.3) is 0 Å². The normalized spacial score (nSPS) is 17.1. The summed E-state index contributed by atoms with van der Waals surface area (Å²) in [5.41, 5.74) is 0.998. The minimum atomic E-state index is -0.170. The summed E-state index contributed by atoms with van der Waals surface area (Å²) in [6, 6.07) is 7.75. The molecule has 0 aromatic heterocycles. The van der Waals surface area contributed by atoms with Crippen molar-refractivity contribution in [2.45, 2.75) is 19.3 Å². The predicted molar refractivity (Wildman–Crippen MR) is 72.3 cm³/mol. The number of alkyl halides is 1. The maximum Gasteiger partial charge on any atom is 0.233 e. The van der Waals surface area contributed by atoms with Gasteiger partial charge >= 0.3 is 0 Å². The molecular weight excluding hydrogens is 250 g/mol. The third-order valence-corrected chi connectivity index (χ3v) is 3.33. The van der Waals surface area contributed by atoms with Gasteiger partial charge in [0.25, 0.3) is 0 Å². The van der Waals surface area contributed by atoms with Gasteiger partial charge in [-0.05, 0) is 12.5 Å². The molecule has 1 aliphatic heterocycles. The molecule has 4 heteroatoms. The largest absolute Gasteiger partial charge is 0.492 e. The van der Waals surface area contributed by atoms with E-state index in [1.54, 1.807) is 0 Å². The number of rotatable bonds is 5. The molecule has 0 saturated heterocycles. The van der Waals surface area contributed by atoms with Crippen LogP contribution in [-0.2, 0) is 4.79 Å². The Hall–Kier alpha value is -1.22. The van der Waals surface area contributed by atoms with Gasteiger partial charge in [0.1, 0.15) is 18.3 Å². The van der Waals surface area contributed by atoms with E-state index in [0.717, 1.165) is 24.3 Å². The Morgan fingerprint density at radius 1 is 1.44 bits per heavy atom. The predicted octanol–water partition coefficient (Wildman–Crippen LogP) is 2.64. The standard InChI is InChI=1S/C14H18ClNO2/c1-2-8-16(9-7-15)14(17)12-10-18-13-6-4-3-5-11(12)13/h3-6,12H,2,7-10H2,1H3. The topological polar surface area (TPSA) is 29.5 Å². The summed E-state index contributed by atoms with van der Waals surface area (Å²) in [4.78, 5) is 14.3. The summed E-state index contributed by atoms with van der Waals surface area (Å²) in [5, 5.41) is 0.